The number of rotatable bonds is 0. The van der Waals surface area contributed by atoms with E-state index in [0.29, 0.717) is 5.78 Å². The Morgan fingerprint density at radius 2 is 2.15 bits per heavy atom. The molecule has 13 heavy (non-hydrogen) atoms. The third kappa shape index (κ3) is 1.09. The summed E-state index contributed by atoms with van der Waals surface area (Å²) in [7, 11) is 0. The molecule has 0 aliphatic heterocycles. The maximum atomic E-state index is 11.3. The number of ketones is 1. The van der Waals surface area contributed by atoms with Crippen molar-refractivity contribution in [3.05, 3.63) is 11.6 Å². The van der Waals surface area contributed by atoms with Crippen LogP contribution in [0, 0.1) is 17.8 Å². The Hall–Kier alpha value is -0.590. The van der Waals surface area contributed by atoms with Crippen molar-refractivity contribution in [1.82, 2.24) is 0 Å². The Morgan fingerprint density at radius 3 is 3.08 bits per heavy atom. The predicted molar refractivity (Wildman–Crippen MR) is 51.3 cm³/mol. The Morgan fingerprint density at radius 1 is 1.23 bits per heavy atom. The Labute approximate surface area is 79.2 Å². The van der Waals surface area contributed by atoms with Crippen molar-refractivity contribution in [3.63, 3.8) is 0 Å². The molecular weight excluding hydrogens is 160 g/mol. The lowest BCUT2D eigenvalue weighted by Gasteiger charge is -2.19. The van der Waals surface area contributed by atoms with Crippen LogP contribution in [-0.4, -0.2) is 5.78 Å². The van der Waals surface area contributed by atoms with Crippen LogP contribution in [0.15, 0.2) is 11.6 Å². The number of hydrogen-bond donors (Lipinski definition) is 0. The van der Waals surface area contributed by atoms with Gasteiger partial charge in [-0.3, -0.25) is 4.79 Å². The smallest absolute Gasteiger partial charge is 0.155 e. The van der Waals surface area contributed by atoms with E-state index in [1.807, 2.05) is 6.08 Å². The van der Waals surface area contributed by atoms with Gasteiger partial charge in [-0.25, -0.2) is 0 Å². The Balaban J connectivity index is 1.94. The van der Waals surface area contributed by atoms with Crippen molar-refractivity contribution in [2.75, 3.05) is 0 Å². The molecule has 0 N–H and O–H groups in total. The summed E-state index contributed by atoms with van der Waals surface area (Å²) in [6, 6.07) is 0. The van der Waals surface area contributed by atoms with Crippen molar-refractivity contribution >= 4 is 5.78 Å². The van der Waals surface area contributed by atoms with Gasteiger partial charge in [-0.1, -0.05) is 12.0 Å². The van der Waals surface area contributed by atoms with Crippen molar-refractivity contribution in [1.29, 1.82) is 0 Å². The van der Waals surface area contributed by atoms with Crippen molar-refractivity contribution in [2.45, 2.75) is 38.5 Å². The van der Waals surface area contributed by atoms with Gasteiger partial charge in [-0.15, -0.1) is 0 Å². The quantitative estimate of drug-likeness (QED) is 0.554. The van der Waals surface area contributed by atoms with Gasteiger partial charge in [0.15, 0.2) is 5.78 Å². The second kappa shape index (κ2) is 2.70. The average molecular weight is 176 g/mol. The van der Waals surface area contributed by atoms with Gasteiger partial charge >= 0.3 is 0 Å². The Kier molecular flexibility index (Phi) is 1.61. The average Bonchev–Trinajstić information content (AvgIpc) is 2.64. The molecule has 3 atom stereocenters. The molecule has 0 aromatic carbocycles. The summed E-state index contributed by atoms with van der Waals surface area (Å²) in [5.41, 5.74) is 1.54. The molecular formula is C12H16O. The van der Waals surface area contributed by atoms with Gasteiger partial charge in [0.2, 0.25) is 0 Å². The van der Waals surface area contributed by atoms with Gasteiger partial charge in [0.05, 0.1) is 0 Å². The summed E-state index contributed by atoms with van der Waals surface area (Å²) in [4.78, 5) is 11.3. The molecule has 0 amide bonds. The lowest BCUT2D eigenvalue weighted by molar-refractivity contribution is -0.115. The van der Waals surface area contributed by atoms with Crippen LogP contribution in [-0.2, 0) is 4.79 Å². The number of fused-ring (bicyclic) bond motifs is 3. The first-order valence-electron chi connectivity index (χ1n) is 5.59. The highest BCUT2D eigenvalue weighted by Crippen LogP contribution is 2.52. The molecule has 3 unspecified atom stereocenters. The van der Waals surface area contributed by atoms with Gasteiger partial charge in [0.1, 0.15) is 0 Å². The predicted octanol–water partition coefficient (Wildman–Crippen LogP) is 2.71. The van der Waals surface area contributed by atoms with Crippen molar-refractivity contribution in [2.24, 2.45) is 17.8 Å². The largest absolute Gasteiger partial charge is 0.295 e. The van der Waals surface area contributed by atoms with Crippen LogP contribution in [0.1, 0.15) is 38.5 Å². The highest BCUT2D eigenvalue weighted by atomic mass is 16.1. The van der Waals surface area contributed by atoms with Crippen LogP contribution in [0.2, 0.25) is 0 Å². The normalized spacial score (nSPS) is 42.9. The lowest BCUT2D eigenvalue weighted by atomic mass is 9.86. The molecule has 0 heterocycles. The molecule has 0 aromatic rings. The summed E-state index contributed by atoms with van der Waals surface area (Å²) in [6.45, 7) is 0. The highest BCUT2D eigenvalue weighted by molar-refractivity contribution is 5.91. The molecule has 0 bridgehead atoms. The number of hydrogen-bond acceptors (Lipinski definition) is 1. The number of allylic oxidation sites excluding steroid dienone is 2. The van der Waals surface area contributed by atoms with Crippen LogP contribution in [0.5, 0.6) is 0 Å². The summed E-state index contributed by atoms with van der Waals surface area (Å²) in [6.07, 6.45) is 9.53. The summed E-state index contributed by atoms with van der Waals surface area (Å²) in [5, 5.41) is 0. The van der Waals surface area contributed by atoms with E-state index in [1.54, 1.807) is 5.57 Å². The molecule has 0 radical (unpaired) electrons. The maximum absolute atomic E-state index is 11.3. The second-order valence-electron chi connectivity index (χ2n) is 4.88. The molecule has 3 aliphatic carbocycles. The maximum Gasteiger partial charge on any atom is 0.155 e. The number of carbonyl (C=O) groups excluding carboxylic acids is 1. The molecule has 0 aromatic heterocycles. The zero-order valence-electron chi connectivity index (χ0n) is 7.96. The van der Waals surface area contributed by atoms with E-state index in [0.717, 1.165) is 30.6 Å². The van der Waals surface area contributed by atoms with Gasteiger partial charge in [-0.2, -0.15) is 0 Å². The summed E-state index contributed by atoms with van der Waals surface area (Å²) >= 11 is 0. The van der Waals surface area contributed by atoms with Crippen LogP contribution >= 0.6 is 0 Å². The third-order valence-electron chi connectivity index (χ3n) is 4.21. The molecule has 2 saturated carbocycles. The first kappa shape index (κ1) is 7.78. The van der Waals surface area contributed by atoms with Crippen LogP contribution in [0.4, 0.5) is 0 Å². The lowest BCUT2D eigenvalue weighted by Crippen LogP contribution is -2.12. The zero-order valence-corrected chi connectivity index (χ0v) is 7.96. The van der Waals surface area contributed by atoms with Crippen molar-refractivity contribution < 1.29 is 4.79 Å². The van der Waals surface area contributed by atoms with E-state index >= 15 is 0 Å². The van der Waals surface area contributed by atoms with Gasteiger partial charge in [0.25, 0.3) is 0 Å². The first-order chi connectivity index (χ1) is 6.34. The minimum Gasteiger partial charge on any atom is -0.295 e. The van der Waals surface area contributed by atoms with Gasteiger partial charge < -0.3 is 0 Å². The van der Waals surface area contributed by atoms with E-state index < -0.39 is 0 Å². The summed E-state index contributed by atoms with van der Waals surface area (Å²) < 4.78 is 0. The summed E-state index contributed by atoms with van der Waals surface area (Å²) in [5.74, 6) is 2.95. The fourth-order valence-electron chi connectivity index (χ4n) is 3.65. The molecule has 0 spiro atoms. The van der Waals surface area contributed by atoms with Gasteiger partial charge in [0, 0.05) is 6.42 Å². The van der Waals surface area contributed by atoms with Crippen LogP contribution in [0.25, 0.3) is 0 Å². The number of carbonyl (C=O) groups is 1. The van der Waals surface area contributed by atoms with Gasteiger partial charge in [-0.05, 0) is 49.5 Å². The van der Waals surface area contributed by atoms with E-state index in [1.165, 1.54) is 25.7 Å². The third-order valence-corrected chi connectivity index (χ3v) is 4.21. The molecule has 3 aliphatic rings. The minimum atomic E-state index is 0.388. The van der Waals surface area contributed by atoms with Crippen LogP contribution < -0.4 is 0 Å². The molecule has 2 fully saturated rings. The van der Waals surface area contributed by atoms with E-state index in [9.17, 15) is 4.79 Å². The van der Waals surface area contributed by atoms with Crippen LogP contribution in [0.3, 0.4) is 0 Å². The van der Waals surface area contributed by atoms with E-state index in [-0.39, 0.29) is 0 Å². The standard InChI is InChI=1S/C12H16O/c13-10-5-4-9-6-8-2-1-3-11(8)12(9)7-10/h7-9,11H,1-6H2. The zero-order chi connectivity index (χ0) is 8.84. The minimum absolute atomic E-state index is 0.388. The molecule has 1 heteroatoms. The fourth-order valence-corrected chi connectivity index (χ4v) is 3.65. The molecule has 3 rings (SSSR count). The fraction of sp³-hybridized carbons (Fsp3) is 0.750. The molecule has 0 saturated heterocycles. The topological polar surface area (TPSA) is 17.1 Å². The monoisotopic (exact) mass is 176 g/mol. The Bertz CT molecular complexity index is 277. The van der Waals surface area contributed by atoms with E-state index in [2.05, 4.69) is 0 Å². The molecule has 1 nitrogen and oxygen atoms in total. The van der Waals surface area contributed by atoms with E-state index in [4.69, 9.17) is 0 Å². The highest BCUT2D eigenvalue weighted by Gasteiger charge is 2.42. The van der Waals surface area contributed by atoms with Crippen molar-refractivity contribution in [3.8, 4) is 0 Å². The second-order valence-corrected chi connectivity index (χ2v) is 4.88. The first-order valence-corrected chi connectivity index (χ1v) is 5.59. The SMILES string of the molecule is O=C1C=C2C(CC1)CC1CCCC21. The molecule has 70 valence electrons.